The van der Waals surface area contributed by atoms with Gasteiger partial charge in [0.25, 0.3) is 0 Å². The summed E-state index contributed by atoms with van der Waals surface area (Å²) < 4.78 is 0. The Morgan fingerprint density at radius 2 is 1.12 bits per heavy atom. The van der Waals surface area contributed by atoms with Gasteiger partial charge in [0, 0.05) is 12.1 Å². The van der Waals surface area contributed by atoms with Gasteiger partial charge in [-0.3, -0.25) is 0 Å². The van der Waals surface area contributed by atoms with Crippen LogP contribution in [0.3, 0.4) is 0 Å². The average Bonchev–Trinajstić information content (AvgIpc) is 2.33. The maximum absolute atomic E-state index is 8.00. The molecule has 0 amide bonds. The van der Waals surface area contributed by atoms with E-state index in [1.54, 1.807) is 0 Å². The molecule has 0 bridgehead atoms. The van der Waals surface area contributed by atoms with Gasteiger partial charge in [0.15, 0.2) is 0 Å². The van der Waals surface area contributed by atoms with Crippen molar-refractivity contribution < 1.29 is 29.6 Å². The van der Waals surface area contributed by atoms with E-state index in [4.69, 9.17) is 10.1 Å². The van der Waals surface area contributed by atoms with Crippen LogP contribution in [0.5, 0.6) is 0 Å². The summed E-state index contributed by atoms with van der Waals surface area (Å²) in [6.07, 6.45) is 14.6. The predicted molar refractivity (Wildman–Crippen MR) is 66.0 cm³/mol. The van der Waals surface area contributed by atoms with Crippen LogP contribution in [0, 0.1) is 10.1 Å². The van der Waals surface area contributed by atoms with Crippen molar-refractivity contribution in [2.24, 2.45) is 5.34 Å². The molecule has 0 saturated heterocycles. The van der Waals surface area contributed by atoms with Gasteiger partial charge >= 0.3 is 29.6 Å². The molecule has 0 unspecified atom stereocenters. The Morgan fingerprint density at radius 1 is 0.824 bits per heavy atom. The number of nitrogens with one attached hydrogen (secondary N) is 1. The summed E-state index contributed by atoms with van der Waals surface area (Å²) in [5, 5.41) is 12.9. The van der Waals surface area contributed by atoms with Crippen LogP contribution >= 0.6 is 0 Å². The van der Waals surface area contributed by atoms with E-state index in [9.17, 15) is 0 Å². The molecule has 1 N–H and O–H groups in total. The first-order valence-corrected chi connectivity index (χ1v) is 6.58. The third-order valence-electron chi connectivity index (χ3n) is 3.68. The van der Waals surface area contributed by atoms with Crippen LogP contribution in [-0.4, -0.2) is 12.1 Å². The topological polar surface area (TPSA) is 64.5 Å². The molecule has 0 aromatic heterocycles. The monoisotopic (exact) mass is 250 g/mol. The first-order valence-electron chi connectivity index (χ1n) is 6.58. The molecule has 0 atom stereocenters. The molecule has 0 heterocycles. The van der Waals surface area contributed by atoms with E-state index in [0.717, 1.165) is 17.4 Å². The molecule has 2 aliphatic carbocycles. The van der Waals surface area contributed by atoms with Crippen molar-refractivity contribution in [1.82, 2.24) is 5.32 Å². The molecule has 0 spiro atoms. The Labute approximate surface area is 126 Å². The van der Waals surface area contributed by atoms with Crippen molar-refractivity contribution in [1.29, 1.82) is 0 Å². The van der Waals surface area contributed by atoms with Gasteiger partial charge in [-0.25, -0.2) is 0 Å². The summed E-state index contributed by atoms with van der Waals surface area (Å²) >= 11 is 0. The van der Waals surface area contributed by atoms with Gasteiger partial charge in [0.05, 0.1) is 0 Å². The summed E-state index contributed by atoms with van der Waals surface area (Å²) in [6.45, 7) is 0. The standard InChI is InChI=1S/C12H23N.HNO2.Na/c1-3-7-11(8-4-1)13-12-9-5-2-6-10-12;2-1-3;/h11-13H,1-10H2;(H,2,3);/q;;+1/p-1. The Morgan fingerprint density at radius 3 is 1.41 bits per heavy atom. The molecule has 0 aliphatic heterocycles. The molecule has 0 aromatic carbocycles. The minimum Gasteiger partial charge on any atom is -0.444 e. The van der Waals surface area contributed by atoms with Crippen molar-refractivity contribution in [3.63, 3.8) is 0 Å². The minimum atomic E-state index is 0. The Bertz CT molecular complexity index is 165. The fourth-order valence-electron chi connectivity index (χ4n) is 2.87. The summed E-state index contributed by atoms with van der Waals surface area (Å²) in [5.74, 6) is 0. The maximum atomic E-state index is 8.00. The van der Waals surface area contributed by atoms with Crippen molar-refractivity contribution in [3.05, 3.63) is 10.1 Å². The van der Waals surface area contributed by atoms with E-state index in [0.29, 0.717) is 0 Å². The first-order chi connectivity index (χ1) is 7.86. The van der Waals surface area contributed by atoms with Crippen LogP contribution in [0.25, 0.3) is 0 Å². The number of nitrogens with zero attached hydrogens (tertiary/aromatic N) is 1. The zero-order valence-electron chi connectivity index (χ0n) is 11.0. The second-order valence-corrected chi connectivity index (χ2v) is 4.91. The van der Waals surface area contributed by atoms with Gasteiger partial charge in [-0.05, 0) is 25.7 Å². The van der Waals surface area contributed by atoms with E-state index in [2.05, 4.69) is 5.32 Å². The molecule has 2 fully saturated rings. The summed E-state index contributed by atoms with van der Waals surface area (Å²) in [6, 6.07) is 1.74. The summed E-state index contributed by atoms with van der Waals surface area (Å²) in [5.41, 5.74) is 0. The van der Waals surface area contributed by atoms with E-state index in [1.807, 2.05) is 0 Å². The molecule has 5 heteroatoms. The third kappa shape index (κ3) is 8.14. The molecule has 2 aliphatic rings. The zero-order valence-corrected chi connectivity index (χ0v) is 13.0. The van der Waals surface area contributed by atoms with Gasteiger partial charge in [-0.2, -0.15) is 0 Å². The fraction of sp³-hybridized carbons (Fsp3) is 1.00. The van der Waals surface area contributed by atoms with Crippen LogP contribution in [-0.2, 0) is 0 Å². The first kappa shape index (κ1) is 17.4. The Hall–Kier alpha value is 0.360. The second-order valence-electron chi connectivity index (χ2n) is 4.91. The van der Waals surface area contributed by atoms with E-state index in [-0.39, 0.29) is 29.6 Å². The molecular weight excluding hydrogens is 227 g/mol. The third-order valence-corrected chi connectivity index (χ3v) is 3.68. The molecule has 94 valence electrons. The van der Waals surface area contributed by atoms with Crippen LogP contribution < -0.4 is 34.9 Å². The number of hydrogen-bond acceptors (Lipinski definition) is 4. The molecule has 2 rings (SSSR count). The van der Waals surface area contributed by atoms with Gasteiger partial charge in [0.2, 0.25) is 0 Å². The Kier molecular flexibility index (Phi) is 11.7. The molecule has 2 saturated carbocycles. The largest absolute Gasteiger partial charge is 1.00 e. The second kappa shape index (κ2) is 11.5. The molecular formula is C12H23N2NaO2. The number of hydrogen-bond donors (Lipinski definition) is 1. The molecule has 0 aromatic rings. The fourth-order valence-corrected chi connectivity index (χ4v) is 2.87. The predicted octanol–water partition coefficient (Wildman–Crippen LogP) is 0.496. The number of rotatable bonds is 2. The Balaban J connectivity index is 0.000000583. The SMILES string of the molecule is C1CCC(NC2CCCCC2)CC1.O=N[O-].[Na+]. The van der Waals surface area contributed by atoms with E-state index in [1.165, 1.54) is 64.2 Å². The van der Waals surface area contributed by atoms with E-state index < -0.39 is 0 Å². The van der Waals surface area contributed by atoms with Crippen molar-refractivity contribution in [2.75, 3.05) is 0 Å². The quantitative estimate of drug-likeness (QED) is 0.441. The normalized spacial score (nSPS) is 21.9. The summed E-state index contributed by atoms with van der Waals surface area (Å²) in [7, 11) is 0. The van der Waals surface area contributed by atoms with Gasteiger partial charge in [-0.1, -0.05) is 38.5 Å². The van der Waals surface area contributed by atoms with Crippen molar-refractivity contribution >= 4 is 0 Å². The van der Waals surface area contributed by atoms with Crippen LogP contribution in [0.4, 0.5) is 0 Å². The van der Waals surface area contributed by atoms with Gasteiger partial charge in [0.1, 0.15) is 0 Å². The molecule has 4 nitrogen and oxygen atoms in total. The van der Waals surface area contributed by atoms with E-state index >= 15 is 0 Å². The summed E-state index contributed by atoms with van der Waals surface area (Å²) in [4.78, 5) is 8.00. The van der Waals surface area contributed by atoms with Gasteiger partial charge < -0.3 is 15.4 Å². The average molecular weight is 250 g/mol. The van der Waals surface area contributed by atoms with Crippen LogP contribution in [0.1, 0.15) is 64.2 Å². The van der Waals surface area contributed by atoms with Crippen LogP contribution in [0.15, 0.2) is 5.34 Å². The van der Waals surface area contributed by atoms with Crippen molar-refractivity contribution in [2.45, 2.75) is 76.3 Å². The zero-order chi connectivity index (χ0) is 11.6. The smallest absolute Gasteiger partial charge is 0.444 e. The molecule has 17 heavy (non-hydrogen) atoms. The van der Waals surface area contributed by atoms with Crippen molar-refractivity contribution in [3.8, 4) is 0 Å². The minimum absolute atomic E-state index is 0. The van der Waals surface area contributed by atoms with Gasteiger partial charge in [-0.15, -0.1) is 5.34 Å². The van der Waals surface area contributed by atoms with Crippen LogP contribution in [0.2, 0.25) is 0 Å². The maximum Gasteiger partial charge on any atom is 1.00 e. The molecule has 0 radical (unpaired) electrons.